The molecule has 3 heterocycles. The first-order valence-corrected chi connectivity index (χ1v) is 10.4. The molecule has 6 N–H and O–H groups in total. The number of aromatic nitrogens is 2. The molecule has 0 radical (unpaired) electrons. The van der Waals surface area contributed by atoms with Gasteiger partial charge in [0.1, 0.15) is 5.82 Å². The average molecular weight is 432 g/mol. The van der Waals surface area contributed by atoms with Gasteiger partial charge < -0.3 is 27.1 Å². The minimum Gasteiger partial charge on any atom is -0.396 e. The van der Waals surface area contributed by atoms with Crippen LogP contribution in [-0.2, 0) is 9.59 Å². The first kappa shape index (κ1) is 21.2. The largest absolute Gasteiger partial charge is 0.396 e. The van der Waals surface area contributed by atoms with Crippen LogP contribution in [0.5, 0.6) is 0 Å². The summed E-state index contributed by atoms with van der Waals surface area (Å²) in [5, 5.41) is 12.0. The van der Waals surface area contributed by atoms with Crippen LogP contribution < -0.4 is 16.8 Å². The molecule has 1 fully saturated rings. The Bertz CT molecular complexity index is 1210. The lowest BCUT2D eigenvalue weighted by atomic mass is 9.89. The van der Waals surface area contributed by atoms with Crippen LogP contribution in [0.2, 0.25) is 0 Å². The Kier molecular flexibility index (Phi) is 5.72. The number of hydrogen-bond donors (Lipinski definition) is 4. The van der Waals surface area contributed by atoms with Crippen molar-refractivity contribution in [2.45, 2.75) is 25.8 Å². The summed E-state index contributed by atoms with van der Waals surface area (Å²) in [5.41, 5.74) is 13.1. The van der Waals surface area contributed by atoms with E-state index in [4.69, 9.17) is 16.9 Å². The van der Waals surface area contributed by atoms with Gasteiger partial charge in [0, 0.05) is 30.5 Å². The number of nitrogens with zero attached hydrogens (tertiary/aromatic N) is 3. The molecule has 0 spiro atoms. The summed E-state index contributed by atoms with van der Waals surface area (Å²) >= 11 is 0. The summed E-state index contributed by atoms with van der Waals surface area (Å²) in [6.45, 7) is 2.55. The Morgan fingerprint density at radius 3 is 2.78 bits per heavy atom. The highest BCUT2D eigenvalue weighted by molar-refractivity contribution is 6.40. The highest BCUT2D eigenvalue weighted by Gasteiger charge is 2.34. The number of nitrogens with one attached hydrogen (secondary N) is 2. The standard InChI is InChI=1S/C23H25N7O2/c1-13-2-5-19(15-3-4-16-10-27-7-6-14(16)8-15)30(12-13)23(32)22(31)29-18-11-28-21(26)17(9-24)20(18)25/h3-4,6-11,13,19,24H,2,5,12H2,1H3,(H,29,31)(H4,25,26,28)/t13-,19+/m1/s1. The molecule has 1 saturated heterocycles. The second-order valence-corrected chi connectivity index (χ2v) is 8.12. The van der Waals surface area contributed by atoms with E-state index < -0.39 is 11.8 Å². The third-order valence-corrected chi connectivity index (χ3v) is 5.90. The van der Waals surface area contributed by atoms with Gasteiger partial charge in [0.25, 0.3) is 0 Å². The van der Waals surface area contributed by atoms with Crippen LogP contribution in [0, 0.1) is 11.3 Å². The quantitative estimate of drug-likeness (QED) is 0.370. The Balaban J connectivity index is 1.61. The third kappa shape index (κ3) is 3.96. The van der Waals surface area contributed by atoms with Gasteiger partial charge in [0.05, 0.1) is 29.2 Å². The molecule has 2 amide bonds. The number of nitrogens with two attached hydrogens (primary N) is 2. The fourth-order valence-electron chi connectivity index (χ4n) is 4.15. The lowest BCUT2D eigenvalue weighted by Crippen LogP contribution is -2.46. The Labute approximate surface area is 185 Å². The summed E-state index contributed by atoms with van der Waals surface area (Å²) in [6, 6.07) is 7.75. The van der Waals surface area contributed by atoms with Gasteiger partial charge in [0.2, 0.25) is 0 Å². The summed E-state index contributed by atoms with van der Waals surface area (Å²) in [7, 11) is 0. The molecule has 2 atom stereocenters. The fourth-order valence-corrected chi connectivity index (χ4v) is 4.15. The Hall–Kier alpha value is -4.01. The zero-order chi connectivity index (χ0) is 22.8. The normalized spacial score (nSPS) is 18.3. The molecule has 9 heteroatoms. The van der Waals surface area contributed by atoms with E-state index in [0.29, 0.717) is 6.54 Å². The Morgan fingerprint density at radius 2 is 2.00 bits per heavy atom. The van der Waals surface area contributed by atoms with Gasteiger partial charge in [-0.1, -0.05) is 19.1 Å². The molecular formula is C23H25N7O2. The van der Waals surface area contributed by atoms with E-state index in [9.17, 15) is 9.59 Å². The molecule has 0 aliphatic carbocycles. The van der Waals surface area contributed by atoms with Crippen molar-refractivity contribution in [2.24, 2.45) is 5.92 Å². The molecular weight excluding hydrogens is 406 g/mol. The monoisotopic (exact) mass is 431 g/mol. The maximum Gasteiger partial charge on any atom is 0.314 e. The predicted octanol–water partition coefficient (Wildman–Crippen LogP) is 2.73. The molecule has 2 aromatic heterocycles. The molecule has 1 aromatic carbocycles. The number of piperidine rings is 1. The van der Waals surface area contributed by atoms with Crippen molar-refractivity contribution in [1.82, 2.24) is 14.9 Å². The lowest BCUT2D eigenvalue weighted by Gasteiger charge is -2.38. The number of rotatable bonds is 3. The van der Waals surface area contributed by atoms with E-state index in [1.807, 2.05) is 24.3 Å². The van der Waals surface area contributed by atoms with E-state index in [-0.39, 0.29) is 34.7 Å². The molecule has 4 rings (SSSR count). The van der Waals surface area contributed by atoms with Gasteiger partial charge >= 0.3 is 11.8 Å². The van der Waals surface area contributed by atoms with E-state index in [1.54, 1.807) is 17.3 Å². The maximum atomic E-state index is 13.2. The molecule has 3 aromatic rings. The van der Waals surface area contributed by atoms with Crippen molar-refractivity contribution in [2.75, 3.05) is 23.3 Å². The summed E-state index contributed by atoms with van der Waals surface area (Å²) in [5.74, 6) is -1.08. The van der Waals surface area contributed by atoms with Crippen LogP contribution in [0.25, 0.3) is 10.8 Å². The molecule has 0 saturated carbocycles. The molecule has 1 aliphatic rings. The van der Waals surface area contributed by atoms with Crippen LogP contribution >= 0.6 is 0 Å². The number of anilines is 3. The van der Waals surface area contributed by atoms with Crippen molar-refractivity contribution in [3.05, 3.63) is 54.0 Å². The van der Waals surface area contributed by atoms with Crippen molar-refractivity contribution in [3.8, 4) is 0 Å². The van der Waals surface area contributed by atoms with Crippen LogP contribution in [0.4, 0.5) is 17.2 Å². The number of fused-ring (bicyclic) bond motifs is 1. The SMILES string of the molecule is C[C@@H]1CC[C@@H](c2ccc3cnccc3c2)N(C(=O)C(=O)Nc2cnc(N)c(C=N)c2N)C1. The number of carbonyl (C=O) groups excluding carboxylic acids is 2. The van der Waals surface area contributed by atoms with E-state index in [1.165, 1.54) is 6.20 Å². The van der Waals surface area contributed by atoms with Gasteiger partial charge in [-0.3, -0.25) is 14.6 Å². The fraction of sp³-hybridized carbons (Fsp3) is 0.261. The van der Waals surface area contributed by atoms with Gasteiger partial charge in [0.15, 0.2) is 0 Å². The minimum atomic E-state index is -0.803. The number of likely N-dealkylation sites (tertiary alicyclic amines) is 1. The average Bonchev–Trinajstić information content (AvgIpc) is 2.80. The van der Waals surface area contributed by atoms with Crippen molar-refractivity contribution >= 4 is 46.0 Å². The zero-order valence-corrected chi connectivity index (χ0v) is 17.7. The Morgan fingerprint density at radius 1 is 1.19 bits per heavy atom. The maximum absolute atomic E-state index is 13.2. The molecule has 164 valence electrons. The summed E-state index contributed by atoms with van der Waals surface area (Å²) in [4.78, 5) is 35.8. The number of benzene rings is 1. The van der Waals surface area contributed by atoms with Crippen LogP contribution in [0.3, 0.4) is 0 Å². The van der Waals surface area contributed by atoms with Crippen molar-refractivity contribution < 1.29 is 9.59 Å². The molecule has 1 aliphatic heterocycles. The van der Waals surface area contributed by atoms with Crippen LogP contribution in [-0.4, -0.2) is 39.4 Å². The number of hydrogen-bond acceptors (Lipinski definition) is 7. The number of nitrogen functional groups attached to an aromatic ring is 2. The first-order chi connectivity index (χ1) is 15.4. The second-order valence-electron chi connectivity index (χ2n) is 8.12. The molecule has 32 heavy (non-hydrogen) atoms. The van der Waals surface area contributed by atoms with Gasteiger partial charge in [-0.2, -0.15) is 0 Å². The predicted molar refractivity (Wildman–Crippen MR) is 124 cm³/mol. The third-order valence-electron chi connectivity index (χ3n) is 5.90. The van der Waals surface area contributed by atoms with Gasteiger partial charge in [-0.15, -0.1) is 0 Å². The highest BCUT2D eigenvalue weighted by atomic mass is 16.2. The topological polar surface area (TPSA) is 151 Å². The minimum absolute atomic E-state index is 0.0817. The van der Waals surface area contributed by atoms with E-state index >= 15 is 0 Å². The van der Waals surface area contributed by atoms with Crippen molar-refractivity contribution in [1.29, 1.82) is 5.41 Å². The smallest absolute Gasteiger partial charge is 0.314 e. The summed E-state index contributed by atoms with van der Waals surface area (Å²) in [6.07, 6.45) is 7.51. The second kappa shape index (κ2) is 8.62. The van der Waals surface area contributed by atoms with Crippen LogP contribution in [0.1, 0.15) is 36.9 Å². The number of pyridine rings is 2. The van der Waals surface area contributed by atoms with Gasteiger partial charge in [-0.05, 0) is 41.8 Å². The van der Waals surface area contributed by atoms with Crippen molar-refractivity contribution in [3.63, 3.8) is 0 Å². The molecule has 0 unspecified atom stereocenters. The van der Waals surface area contributed by atoms with E-state index in [2.05, 4.69) is 22.2 Å². The first-order valence-electron chi connectivity index (χ1n) is 10.4. The zero-order valence-electron chi connectivity index (χ0n) is 17.7. The summed E-state index contributed by atoms with van der Waals surface area (Å²) < 4.78 is 0. The number of amides is 2. The van der Waals surface area contributed by atoms with Crippen LogP contribution in [0.15, 0.2) is 42.9 Å². The highest BCUT2D eigenvalue weighted by Crippen LogP contribution is 2.35. The number of carbonyl (C=O) groups is 2. The van der Waals surface area contributed by atoms with E-state index in [0.717, 1.165) is 35.4 Å². The molecule has 9 nitrogen and oxygen atoms in total. The molecule has 0 bridgehead atoms. The van der Waals surface area contributed by atoms with Gasteiger partial charge in [-0.25, -0.2) is 4.98 Å². The lowest BCUT2D eigenvalue weighted by molar-refractivity contribution is -0.146.